The van der Waals surface area contributed by atoms with Gasteiger partial charge in [0.1, 0.15) is 0 Å². The number of likely N-dealkylation sites (N-methyl/N-ethyl adjacent to an activating group) is 1. The van der Waals surface area contributed by atoms with Gasteiger partial charge in [0, 0.05) is 20.6 Å². The third-order valence-electron chi connectivity index (χ3n) is 3.54. The van der Waals surface area contributed by atoms with E-state index in [9.17, 15) is 4.79 Å². The van der Waals surface area contributed by atoms with Gasteiger partial charge in [-0.1, -0.05) is 42.5 Å². The molecular formula is C16H22N2O. The summed E-state index contributed by atoms with van der Waals surface area (Å²) in [6.45, 7) is 1.86. The summed E-state index contributed by atoms with van der Waals surface area (Å²) in [6.07, 6.45) is 6.37. The molecule has 3 nitrogen and oxygen atoms in total. The van der Waals surface area contributed by atoms with Crippen molar-refractivity contribution in [3.05, 3.63) is 42.0 Å². The lowest BCUT2D eigenvalue weighted by molar-refractivity contribution is -0.133. The third-order valence-corrected chi connectivity index (χ3v) is 3.54. The van der Waals surface area contributed by atoms with Crippen LogP contribution in [0.4, 0.5) is 0 Å². The second-order valence-corrected chi connectivity index (χ2v) is 5.20. The Labute approximate surface area is 115 Å². The number of amides is 1. The minimum atomic E-state index is 0.0652. The molecule has 1 atom stereocenters. The minimum absolute atomic E-state index is 0.0652. The number of carbonyl (C=O) groups is 1. The summed E-state index contributed by atoms with van der Waals surface area (Å²) in [5.41, 5.74) is 1.21. The van der Waals surface area contributed by atoms with Gasteiger partial charge in [-0.25, -0.2) is 0 Å². The van der Waals surface area contributed by atoms with Gasteiger partial charge in [-0.3, -0.25) is 9.69 Å². The zero-order valence-electron chi connectivity index (χ0n) is 11.7. The molecule has 2 rings (SSSR count). The number of benzene rings is 1. The van der Waals surface area contributed by atoms with Crippen molar-refractivity contribution in [3.8, 4) is 0 Å². The van der Waals surface area contributed by atoms with E-state index in [0.717, 1.165) is 25.9 Å². The van der Waals surface area contributed by atoms with Crippen LogP contribution >= 0.6 is 0 Å². The van der Waals surface area contributed by atoms with Gasteiger partial charge in [0.2, 0.25) is 5.91 Å². The SMILES string of the molecule is CN(C)C(=O)C1CCCN1C/C=C/c1ccccc1. The van der Waals surface area contributed by atoms with Crippen molar-refractivity contribution >= 4 is 12.0 Å². The average molecular weight is 258 g/mol. The number of nitrogens with zero attached hydrogens (tertiary/aromatic N) is 2. The van der Waals surface area contributed by atoms with Crippen molar-refractivity contribution < 1.29 is 4.79 Å². The predicted molar refractivity (Wildman–Crippen MR) is 78.8 cm³/mol. The van der Waals surface area contributed by atoms with E-state index in [1.165, 1.54) is 5.56 Å². The monoisotopic (exact) mass is 258 g/mol. The van der Waals surface area contributed by atoms with Gasteiger partial charge >= 0.3 is 0 Å². The summed E-state index contributed by atoms with van der Waals surface area (Å²) in [6, 6.07) is 10.3. The Bertz CT molecular complexity index is 439. The van der Waals surface area contributed by atoms with E-state index in [-0.39, 0.29) is 11.9 Å². The first kappa shape index (κ1) is 13.8. The molecular weight excluding hydrogens is 236 g/mol. The van der Waals surface area contributed by atoms with E-state index >= 15 is 0 Å². The van der Waals surface area contributed by atoms with Crippen molar-refractivity contribution in [2.75, 3.05) is 27.2 Å². The van der Waals surface area contributed by atoms with Crippen molar-refractivity contribution in [1.82, 2.24) is 9.80 Å². The highest BCUT2D eigenvalue weighted by Gasteiger charge is 2.30. The number of carbonyl (C=O) groups excluding carboxylic acids is 1. The molecule has 0 radical (unpaired) electrons. The highest BCUT2D eigenvalue weighted by atomic mass is 16.2. The van der Waals surface area contributed by atoms with Crippen LogP contribution in [-0.4, -0.2) is 48.9 Å². The molecule has 1 fully saturated rings. The van der Waals surface area contributed by atoms with Crippen LogP contribution in [-0.2, 0) is 4.79 Å². The van der Waals surface area contributed by atoms with Crippen LogP contribution < -0.4 is 0 Å². The van der Waals surface area contributed by atoms with Gasteiger partial charge < -0.3 is 4.90 Å². The van der Waals surface area contributed by atoms with Crippen molar-refractivity contribution in [2.24, 2.45) is 0 Å². The molecule has 1 aromatic carbocycles. The van der Waals surface area contributed by atoms with Gasteiger partial charge in [-0.05, 0) is 24.9 Å². The standard InChI is InChI=1S/C16H22N2O/c1-17(2)16(19)15-11-7-13-18(15)12-6-10-14-8-4-3-5-9-14/h3-6,8-10,15H,7,11-13H2,1-2H3/b10-6+. The van der Waals surface area contributed by atoms with Crippen molar-refractivity contribution in [1.29, 1.82) is 0 Å². The molecule has 0 N–H and O–H groups in total. The summed E-state index contributed by atoms with van der Waals surface area (Å²) in [4.78, 5) is 16.0. The second-order valence-electron chi connectivity index (χ2n) is 5.20. The first-order chi connectivity index (χ1) is 9.18. The fourth-order valence-electron chi connectivity index (χ4n) is 2.51. The van der Waals surface area contributed by atoms with E-state index < -0.39 is 0 Å². The van der Waals surface area contributed by atoms with Crippen molar-refractivity contribution in [3.63, 3.8) is 0 Å². The van der Waals surface area contributed by atoms with E-state index in [1.54, 1.807) is 4.90 Å². The van der Waals surface area contributed by atoms with Gasteiger partial charge in [0.15, 0.2) is 0 Å². The lowest BCUT2D eigenvalue weighted by Gasteiger charge is -2.24. The Morgan fingerprint density at radius 2 is 2.11 bits per heavy atom. The van der Waals surface area contributed by atoms with Crippen LogP contribution in [0, 0.1) is 0 Å². The van der Waals surface area contributed by atoms with E-state index in [2.05, 4.69) is 29.2 Å². The van der Waals surface area contributed by atoms with E-state index in [0.29, 0.717) is 0 Å². The van der Waals surface area contributed by atoms with Crippen LogP contribution in [0.5, 0.6) is 0 Å². The number of likely N-dealkylation sites (tertiary alicyclic amines) is 1. The van der Waals surface area contributed by atoms with Gasteiger partial charge in [0.05, 0.1) is 6.04 Å². The Hall–Kier alpha value is -1.61. The molecule has 1 amide bonds. The maximum absolute atomic E-state index is 12.0. The first-order valence-corrected chi connectivity index (χ1v) is 6.85. The average Bonchev–Trinajstić information content (AvgIpc) is 2.87. The predicted octanol–water partition coefficient (Wildman–Crippen LogP) is 2.25. The fraction of sp³-hybridized carbons (Fsp3) is 0.438. The molecule has 0 spiro atoms. The van der Waals surface area contributed by atoms with Crippen LogP contribution in [0.3, 0.4) is 0 Å². The summed E-state index contributed by atoms with van der Waals surface area (Å²) in [7, 11) is 3.66. The Morgan fingerprint density at radius 1 is 1.37 bits per heavy atom. The quantitative estimate of drug-likeness (QED) is 0.827. The minimum Gasteiger partial charge on any atom is -0.347 e. The Kier molecular flexibility index (Phi) is 4.74. The van der Waals surface area contributed by atoms with Gasteiger partial charge in [-0.15, -0.1) is 0 Å². The molecule has 19 heavy (non-hydrogen) atoms. The van der Waals surface area contributed by atoms with Crippen LogP contribution in [0.15, 0.2) is 36.4 Å². The normalized spacial score (nSPS) is 20.0. The molecule has 0 aliphatic carbocycles. The second kappa shape index (κ2) is 6.53. The number of rotatable bonds is 4. The van der Waals surface area contributed by atoms with Crippen LogP contribution in [0.1, 0.15) is 18.4 Å². The third kappa shape index (κ3) is 3.67. The lowest BCUT2D eigenvalue weighted by atomic mass is 10.2. The largest absolute Gasteiger partial charge is 0.347 e. The van der Waals surface area contributed by atoms with Crippen LogP contribution in [0.2, 0.25) is 0 Å². The topological polar surface area (TPSA) is 23.6 Å². The molecule has 1 saturated heterocycles. The highest BCUT2D eigenvalue weighted by molar-refractivity contribution is 5.81. The Morgan fingerprint density at radius 3 is 2.79 bits per heavy atom. The molecule has 102 valence electrons. The summed E-state index contributed by atoms with van der Waals surface area (Å²) < 4.78 is 0. The summed E-state index contributed by atoms with van der Waals surface area (Å²) in [5.74, 6) is 0.227. The van der Waals surface area contributed by atoms with Gasteiger partial charge in [0.25, 0.3) is 0 Å². The zero-order chi connectivity index (χ0) is 13.7. The molecule has 1 aliphatic heterocycles. The molecule has 0 saturated carbocycles. The first-order valence-electron chi connectivity index (χ1n) is 6.85. The molecule has 0 bridgehead atoms. The number of hydrogen-bond acceptors (Lipinski definition) is 2. The summed E-state index contributed by atoms with van der Waals surface area (Å²) >= 11 is 0. The maximum Gasteiger partial charge on any atom is 0.239 e. The summed E-state index contributed by atoms with van der Waals surface area (Å²) in [5, 5.41) is 0. The fourth-order valence-corrected chi connectivity index (χ4v) is 2.51. The maximum atomic E-state index is 12.0. The molecule has 1 aromatic rings. The molecule has 3 heteroatoms. The molecule has 1 aliphatic rings. The Balaban J connectivity index is 1.92. The van der Waals surface area contributed by atoms with E-state index in [1.807, 2.05) is 32.3 Å². The van der Waals surface area contributed by atoms with Crippen LogP contribution in [0.25, 0.3) is 6.08 Å². The molecule has 0 aromatic heterocycles. The smallest absolute Gasteiger partial charge is 0.239 e. The molecule has 1 heterocycles. The zero-order valence-corrected chi connectivity index (χ0v) is 11.7. The van der Waals surface area contributed by atoms with Gasteiger partial charge in [-0.2, -0.15) is 0 Å². The molecule has 1 unspecified atom stereocenters. The number of hydrogen-bond donors (Lipinski definition) is 0. The lowest BCUT2D eigenvalue weighted by Crippen LogP contribution is -2.42. The van der Waals surface area contributed by atoms with Crippen molar-refractivity contribution in [2.45, 2.75) is 18.9 Å². The van der Waals surface area contributed by atoms with E-state index in [4.69, 9.17) is 0 Å². The highest BCUT2D eigenvalue weighted by Crippen LogP contribution is 2.18.